The molecule has 0 saturated carbocycles. The van der Waals surface area contributed by atoms with Gasteiger partial charge in [-0.25, -0.2) is 9.42 Å². The minimum absolute atomic E-state index is 0.0451. The van der Waals surface area contributed by atoms with E-state index in [1.807, 2.05) is 0 Å². The van der Waals surface area contributed by atoms with E-state index in [4.69, 9.17) is 5.11 Å². The third-order valence-corrected chi connectivity index (χ3v) is 2.20. The van der Waals surface area contributed by atoms with Crippen LogP contribution in [0.5, 0.6) is 0 Å². The van der Waals surface area contributed by atoms with Gasteiger partial charge in [0.05, 0.1) is 11.5 Å². The molecule has 0 atom stereocenters. The zero-order valence-corrected chi connectivity index (χ0v) is 9.10. The summed E-state index contributed by atoms with van der Waals surface area (Å²) in [5.41, 5.74) is -0.264. The summed E-state index contributed by atoms with van der Waals surface area (Å²) in [5.74, 6) is -1.46. The highest BCUT2D eigenvalue weighted by Gasteiger charge is 2.25. The second kappa shape index (κ2) is 4.24. The first-order valence-electron chi connectivity index (χ1n) is 4.72. The van der Waals surface area contributed by atoms with Gasteiger partial charge in [-0.2, -0.15) is 5.10 Å². The molecule has 1 N–H and O–H groups in total. The summed E-state index contributed by atoms with van der Waals surface area (Å²) in [5, 5.41) is 30.2. The van der Waals surface area contributed by atoms with Gasteiger partial charge in [-0.1, -0.05) is 10.3 Å². The quantitative estimate of drug-likeness (QED) is 0.603. The van der Waals surface area contributed by atoms with Crippen molar-refractivity contribution >= 4 is 11.7 Å². The largest absolute Gasteiger partial charge is 0.476 e. The average Bonchev–Trinajstić information content (AvgIpc) is 2.87. The van der Waals surface area contributed by atoms with Gasteiger partial charge in [0.1, 0.15) is 17.6 Å². The van der Waals surface area contributed by atoms with Crippen molar-refractivity contribution in [3.05, 3.63) is 33.4 Å². The summed E-state index contributed by atoms with van der Waals surface area (Å²) in [6.45, 7) is 1.69. The molecule has 0 amide bonds. The summed E-state index contributed by atoms with van der Waals surface area (Å²) in [6, 6.07) is 0. The summed E-state index contributed by atoms with van der Waals surface area (Å²) >= 11 is 0. The van der Waals surface area contributed by atoms with Gasteiger partial charge in [0, 0.05) is 0 Å². The van der Waals surface area contributed by atoms with Crippen molar-refractivity contribution in [3.63, 3.8) is 0 Å². The summed E-state index contributed by atoms with van der Waals surface area (Å²) in [4.78, 5) is 20.6. The fourth-order valence-electron chi connectivity index (χ4n) is 1.32. The van der Waals surface area contributed by atoms with E-state index in [-0.39, 0.29) is 6.54 Å². The molecule has 0 aliphatic heterocycles. The maximum absolute atomic E-state index is 10.8. The lowest BCUT2D eigenvalue weighted by molar-refractivity contribution is -0.385. The van der Waals surface area contributed by atoms with Crippen LogP contribution in [0.25, 0.3) is 0 Å². The summed E-state index contributed by atoms with van der Waals surface area (Å²) < 4.78 is 5.56. The Morgan fingerprint density at radius 2 is 2.33 bits per heavy atom. The molecule has 2 aromatic rings. The Morgan fingerprint density at radius 1 is 1.61 bits per heavy atom. The first-order chi connectivity index (χ1) is 8.49. The number of nitro groups is 1. The van der Waals surface area contributed by atoms with Gasteiger partial charge in [-0.05, 0) is 6.92 Å². The number of carboxylic acids is 1. The van der Waals surface area contributed by atoms with Crippen LogP contribution in [0.4, 0.5) is 5.69 Å². The molecule has 2 rings (SSSR count). The normalized spacial score (nSPS) is 10.5. The second-order valence-electron chi connectivity index (χ2n) is 3.42. The minimum Gasteiger partial charge on any atom is -0.476 e. The molecule has 0 aliphatic carbocycles. The number of hydrogen-bond donors (Lipinski definition) is 1. The fourth-order valence-corrected chi connectivity index (χ4v) is 1.32. The van der Waals surface area contributed by atoms with E-state index < -0.39 is 22.3 Å². The lowest BCUT2D eigenvalue weighted by atomic mass is 10.3. The van der Waals surface area contributed by atoms with Crippen molar-refractivity contribution in [1.82, 2.24) is 20.1 Å². The smallest absolute Gasteiger partial charge is 0.363 e. The van der Waals surface area contributed by atoms with Gasteiger partial charge in [0.25, 0.3) is 0 Å². The van der Waals surface area contributed by atoms with Crippen LogP contribution in [0.1, 0.15) is 21.9 Å². The molecule has 0 bridgehead atoms. The van der Waals surface area contributed by atoms with E-state index in [0.29, 0.717) is 11.4 Å². The van der Waals surface area contributed by atoms with Gasteiger partial charge in [-0.15, -0.1) is 0 Å². The molecular formula is C8H7N5O5. The van der Waals surface area contributed by atoms with Crippen LogP contribution >= 0.6 is 0 Å². The zero-order chi connectivity index (χ0) is 13.3. The van der Waals surface area contributed by atoms with Gasteiger partial charge in [0.15, 0.2) is 0 Å². The van der Waals surface area contributed by atoms with Gasteiger partial charge < -0.3 is 5.11 Å². The number of hydrogen-bond acceptors (Lipinski definition) is 7. The average molecular weight is 253 g/mol. The lowest BCUT2D eigenvalue weighted by Crippen LogP contribution is -2.05. The molecule has 0 saturated heterocycles. The van der Waals surface area contributed by atoms with Crippen LogP contribution in [-0.2, 0) is 6.54 Å². The highest BCUT2D eigenvalue weighted by atomic mass is 16.6. The molecule has 0 radical (unpaired) electrons. The Bertz CT molecular complexity index is 584. The van der Waals surface area contributed by atoms with E-state index in [1.54, 1.807) is 6.92 Å². The molecular weight excluding hydrogens is 246 g/mol. The number of aryl methyl sites for hydroxylation is 1. The third-order valence-electron chi connectivity index (χ3n) is 2.20. The molecule has 10 heteroatoms. The summed E-state index contributed by atoms with van der Waals surface area (Å²) in [6.07, 6.45) is 1.03. The Kier molecular flexibility index (Phi) is 2.75. The van der Waals surface area contributed by atoms with Crippen LogP contribution in [0, 0.1) is 17.0 Å². The van der Waals surface area contributed by atoms with Crippen molar-refractivity contribution < 1.29 is 19.5 Å². The van der Waals surface area contributed by atoms with Crippen molar-refractivity contribution in [1.29, 1.82) is 0 Å². The number of aromatic carboxylic acids is 1. The van der Waals surface area contributed by atoms with Crippen molar-refractivity contribution in [3.8, 4) is 0 Å². The predicted molar refractivity (Wildman–Crippen MR) is 54.0 cm³/mol. The molecule has 0 aliphatic rings. The number of aromatic nitrogens is 4. The monoisotopic (exact) mass is 253 g/mol. The van der Waals surface area contributed by atoms with E-state index in [0.717, 1.165) is 10.9 Å². The molecule has 0 aromatic carbocycles. The van der Waals surface area contributed by atoms with E-state index >= 15 is 0 Å². The molecule has 0 unspecified atom stereocenters. The Balaban J connectivity index is 2.36. The van der Waals surface area contributed by atoms with Gasteiger partial charge >= 0.3 is 11.7 Å². The van der Waals surface area contributed by atoms with Crippen LogP contribution in [0.15, 0.2) is 10.8 Å². The Morgan fingerprint density at radius 3 is 2.78 bits per heavy atom. The maximum atomic E-state index is 10.8. The predicted octanol–water partition coefficient (Wildman–Crippen LogP) is 0.229. The SMILES string of the molecule is Cc1nonc1Cn1cc([N+](=O)[O-])c(C(=O)O)n1. The second-order valence-corrected chi connectivity index (χ2v) is 3.42. The first-order valence-corrected chi connectivity index (χ1v) is 4.72. The first kappa shape index (κ1) is 11.7. The maximum Gasteiger partial charge on any atom is 0.363 e. The van der Waals surface area contributed by atoms with E-state index in [1.165, 1.54) is 0 Å². The number of carbonyl (C=O) groups is 1. The Labute approximate surface area is 98.9 Å². The van der Waals surface area contributed by atoms with Gasteiger partial charge in [-0.3, -0.25) is 14.8 Å². The highest BCUT2D eigenvalue weighted by Crippen LogP contribution is 2.17. The third kappa shape index (κ3) is 2.03. The van der Waals surface area contributed by atoms with Gasteiger partial charge in [0.2, 0.25) is 5.69 Å². The number of rotatable bonds is 4. The standard InChI is InChI=1S/C8H7N5O5/c1-4-5(11-18-10-4)2-12-3-6(13(16)17)7(9-12)8(14)15/h3H,2H2,1H3,(H,14,15). The topological polar surface area (TPSA) is 137 Å². The lowest BCUT2D eigenvalue weighted by Gasteiger charge is -1.95. The Hall–Kier alpha value is -2.78. The number of carboxylic acid groups (broad SMARTS) is 1. The van der Waals surface area contributed by atoms with E-state index in [9.17, 15) is 14.9 Å². The molecule has 2 aromatic heterocycles. The van der Waals surface area contributed by atoms with Crippen LogP contribution in [0.2, 0.25) is 0 Å². The van der Waals surface area contributed by atoms with Crippen LogP contribution in [0.3, 0.4) is 0 Å². The molecule has 0 spiro atoms. The van der Waals surface area contributed by atoms with Crippen molar-refractivity contribution in [2.24, 2.45) is 0 Å². The minimum atomic E-state index is -1.46. The molecule has 18 heavy (non-hydrogen) atoms. The molecule has 94 valence electrons. The summed E-state index contributed by atoms with van der Waals surface area (Å²) in [7, 11) is 0. The van der Waals surface area contributed by atoms with E-state index in [2.05, 4.69) is 20.0 Å². The molecule has 2 heterocycles. The van der Waals surface area contributed by atoms with Crippen molar-refractivity contribution in [2.75, 3.05) is 0 Å². The fraction of sp³-hybridized carbons (Fsp3) is 0.250. The van der Waals surface area contributed by atoms with Crippen molar-refractivity contribution in [2.45, 2.75) is 13.5 Å². The van der Waals surface area contributed by atoms with Crippen LogP contribution in [-0.4, -0.2) is 36.1 Å². The molecule has 10 nitrogen and oxygen atoms in total. The highest BCUT2D eigenvalue weighted by molar-refractivity contribution is 5.89. The molecule has 0 fully saturated rings. The zero-order valence-electron chi connectivity index (χ0n) is 9.10. The van der Waals surface area contributed by atoms with Crippen LogP contribution < -0.4 is 0 Å². The number of nitrogens with zero attached hydrogens (tertiary/aromatic N) is 5.